The number of hydrogen-bond donors (Lipinski definition) is 1. The van der Waals surface area contributed by atoms with Gasteiger partial charge in [-0.1, -0.05) is 29.4 Å². The SMILES string of the molecule is Cc1ccc2ncc(CNc3nnc(Cc4ccccc4F)o3)n2c1. The van der Waals surface area contributed by atoms with E-state index in [-0.39, 0.29) is 12.2 Å². The molecule has 7 heteroatoms. The van der Waals surface area contributed by atoms with Gasteiger partial charge in [-0.05, 0) is 30.2 Å². The molecule has 1 aromatic carbocycles. The van der Waals surface area contributed by atoms with Crippen molar-refractivity contribution in [3.63, 3.8) is 0 Å². The number of nitrogens with zero attached hydrogens (tertiary/aromatic N) is 4. The van der Waals surface area contributed by atoms with Gasteiger partial charge in [0.25, 0.3) is 0 Å². The highest BCUT2D eigenvalue weighted by Crippen LogP contribution is 2.15. The van der Waals surface area contributed by atoms with E-state index >= 15 is 0 Å². The Bertz CT molecular complexity index is 1020. The minimum atomic E-state index is -0.281. The molecule has 4 aromatic rings. The number of aryl methyl sites for hydroxylation is 1. The first kappa shape index (κ1) is 15.3. The van der Waals surface area contributed by atoms with Gasteiger partial charge in [0.2, 0.25) is 5.89 Å². The normalized spacial score (nSPS) is 11.1. The second-order valence-electron chi connectivity index (χ2n) is 5.81. The summed E-state index contributed by atoms with van der Waals surface area (Å²) in [5.41, 5.74) is 3.53. The lowest BCUT2D eigenvalue weighted by Gasteiger charge is -2.03. The Balaban J connectivity index is 1.46. The number of hydrogen-bond acceptors (Lipinski definition) is 5. The average Bonchev–Trinajstić information content (AvgIpc) is 3.21. The molecule has 3 aromatic heterocycles. The molecule has 0 unspecified atom stereocenters. The van der Waals surface area contributed by atoms with Crippen LogP contribution in [-0.4, -0.2) is 19.6 Å². The molecule has 6 nitrogen and oxygen atoms in total. The van der Waals surface area contributed by atoms with Gasteiger partial charge in [0.1, 0.15) is 11.5 Å². The third-order valence-electron chi connectivity index (χ3n) is 3.92. The van der Waals surface area contributed by atoms with Crippen molar-refractivity contribution in [3.05, 3.63) is 77.3 Å². The van der Waals surface area contributed by atoms with E-state index in [1.165, 1.54) is 6.07 Å². The summed E-state index contributed by atoms with van der Waals surface area (Å²) in [7, 11) is 0. The molecule has 0 amide bonds. The molecule has 0 saturated carbocycles. The molecule has 1 N–H and O–H groups in total. The van der Waals surface area contributed by atoms with E-state index in [2.05, 4.69) is 20.5 Å². The van der Waals surface area contributed by atoms with Crippen molar-refractivity contribution in [3.8, 4) is 0 Å². The number of pyridine rings is 1. The second-order valence-corrected chi connectivity index (χ2v) is 5.81. The van der Waals surface area contributed by atoms with Crippen LogP contribution < -0.4 is 5.32 Å². The van der Waals surface area contributed by atoms with Crippen LogP contribution in [0.1, 0.15) is 22.7 Å². The van der Waals surface area contributed by atoms with Crippen LogP contribution in [0.25, 0.3) is 5.65 Å². The Morgan fingerprint density at radius 1 is 1.16 bits per heavy atom. The fourth-order valence-electron chi connectivity index (χ4n) is 2.64. The number of aromatic nitrogens is 4. The Hall–Kier alpha value is -3.22. The van der Waals surface area contributed by atoms with Crippen molar-refractivity contribution in [2.24, 2.45) is 0 Å². The molecule has 0 saturated heterocycles. The summed E-state index contributed by atoms with van der Waals surface area (Å²) in [5.74, 6) is 0.0814. The highest BCUT2D eigenvalue weighted by molar-refractivity contribution is 5.42. The molecule has 0 aliphatic rings. The minimum absolute atomic E-state index is 0.260. The van der Waals surface area contributed by atoms with Crippen LogP contribution in [0.5, 0.6) is 0 Å². The largest absolute Gasteiger partial charge is 0.408 e. The quantitative estimate of drug-likeness (QED) is 0.605. The fourth-order valence-corrected chi connectivity index (χ4v) is 2.64. The van der Waals surface area contributed by atoms with Crippen molar-refractivity contribution in [1.29, 1.82) is 0 Å². The molecule has 0 radical (unpaired) electrons. The summed E-state index contributed by atoms with van der Waals surface area (Å²) >= 11 is 0. The summed E-state index contributed by atoms with van der Waals surface area (Å²) in [6.45, 7) is 2.52. The summed E-state index contributed by atoms with van der Waals surface area (Å²) < 4.78 is 21.2. The smallest absolute Gasteiger partial charge is 0.315 e. The number of fused-ring (bicyclic) bond motifs is 1. The lowest BCUT2D eigenvalue weighted by molar-refractivity contribution is 0.509. The van der Waals surface area contributed by atoms with E-state index in [0.29, 0.717) is 24.0 Å². The Kier molecular flexibility index (Phi) is 3.89. The number of imidazole rings is 1. The van der Waals surface area contributed by atoms with Gasteiger partial charge >= 0.3 is 6.01 Å². The maximum Gasteiger partial charge on any atom is 0.315 e. The summed E-state index contributed by atoms with van der Waals surface area (Å²) in [4.78, 5) is 4.36. The molecule has 4 rings (SSSR count). The van der Waals surface area contributed by atoms with Crippen LogP contribution in [0.3, 0.4) is 0 Å². The number of rotatable bonds is 5. The third-order valence-corrected chi connectivity index (χ3v) is 3.92. The molecular formula is C18H16FN5O. The van der Waals surface area contributed by atoms with Crippen molar-refractivity contribution in [1.82, 2.24) is 19.6 Å². The van der Waals surface area contributed by atoms with Gasteiger partial charge in [-0.2, -0.15) is 0 Å². The van der Waals surface area contributed by atoms with Gasteiger partial charge in [-0.3, -0.25) is 0 Å². The van der Waals surface area contributed by atoms with E-state index in [4.69, 9.17) is 4.42 Å². The van der Waals surface area contributed by atoms with Gasteiger partial charge in [0.15, 0.2) is 0 Å². The fraction of sp³-hybridized carbons (Fsp3) is 0.167. The average molecular weight is 337 g/mol. The molecule has 0 bridgehead atoms. The Morgan fingerprint density at radius 3 is 2.92 bits per heavy atom. The third kappa shape index (κ3) is 3.21. The second kappa shape index (κ2) is 6.35. The highest BCUT2D eigenvalue weighted by Gasteiger charge is 2.10. The van der Waals surface area contributed by atoms with Crippen LogP contribution in [0.15, 0.2) is 53.2 Å². The first-order valence-electron chi connectivity index (χ1n) is 7.91. The molecule has 3 heterocycles. The molecule has 25 heavy (non-hydrogen) atoms. The lowest BCUT2D eigenvalue weighted by atomic mass is 10.1. The van der Waals surface area contributed by atoms with Crippen LogP contribution >= 0.6 is 0 Å². The van der Waals surface area contributed by atoms with Crippen LogP contribution in [-0.2, 0) is 13.0 Å². The number of anilines is 1. The van der Waals surface area contributed by atoms with Crippen molar-refractivity contribution in [2.45, 2.75) is 19.9 Å². The van der Waals surface area contributed by atoms with Crippen LogP contribution in [0, 0.1) is 12.7 Å². The Morgan fingerprint density at radius 2 is 2.04 bits per heavy atom. The van der Waals surface area contributed by atoms with Crippen LogP contribution in [0.4, 0.5) is 10.4 Å². The van der Waals surface area contributed by atoms with E-state index in [9.17, 15) is 4.39 Å². The predicted molar refractivity (Wildman–Crippen MR) is 90.8 cm³/mol. The first-order valence-corrected chi connectivity index (χ1v) is 7.91. The predicted octanol–water partition coefficient (Wildman–Crippen LogP) is 3.37. The topological polar surface area (TPSA) is 68.2 Å². The maximum absolute atomic E-state index is 13.7. The molecule has 0 aliphatic carbocycles. The van der Waals surface area contributed by atoms with Gasteiger partial charge < -0.3 is 14.1 Å². The molecule has 0 aliphatic heterocycles. The first-order chi connectivity index (χ1) is 12.2. The zero-order valence-electron chi connectivity index (χ0n) is 13.6. The van der Waals surface area contributed by atoms with E-state index < -0.39 is 0 Å². The lowest BCUT2D eigenvalue weighted by Crippen LogP contribution is -2.03. The monoisotopic (exact) mass is 337 g/mol. The van der Waals surface area contributed by atoms with Gasteiger partial charge in [-0.25, -0.2) is 9.37 Å². The molecular weight excluding hydrogens is 321 g/mol. The zero-order chi connectivity index (χ0) is 17.2. The number of halogens is 1. The van der Waals surface area contributed by atoms with Crippen LogP contribution in [0.2, 0.25) is 0 Å². The molecule has 126 valence electrons. The standard InChI is InChI=1S/C18H16FN5O/c1-12-6-7-16-20-9-14(24(16)11-12)10-21-18-23-22-17(25-18)8-13-4-2-3-5-15(13)19/h2-7,9,11H,8,10H2,1H3,(H,21,23). The summed E-state index contributed by atoms with van der Waals surface area (Å²) in [6, 6.07) is 10.8. The number of benzene rings is 1. The molecule has 0 spiro atoms. The zero-order valence-corrected chi connectivity index (χ0v) is 13.6. The van der Waals surface area contributed by atoms with Gasteiger partial charge in [-0.15, -0.1) is 5.10 Å². The molecule has 0 atom stereocenters. The van der Waals surface area contributed by atoms with E-state index in [1.54, 1.807) is 24.4 Å². The van der Waals surface area contributed by atoms with Gasteiger partial charge in [0, 0.05) is 6.20 Å². The number of nitrogens with one attached hydrogen (secondary N) is 1. The van der Waals surface area contributed by atoms with Crippen molar-refractivity contribution >= 4 is 11.7 Å². The van der Waals surface area contributed by atoms with E-state index in [0.717, 1.165) is 16.9 Å². The van der Waals surface area contributed by atoms with E-state index in [1.807, 2.05) is 29.7 Å². The maximum atomic E-state index is 13.7. The van der Waals surface area contributed by atoms with Gasteiger partial charge in [0.05, 0.1) is 24.9 Å². The minimum Gasteiger partial charge on any atom is -0.408 e. The Labute approximate surface area is 143 Å². The summed E-state index contributed by atoms with van der Waals surface area (Å²) in [5, 5.41) is 11.0. The summed E-state index contributed by atoms with van der Waals surface area (Å²) in [6.07, 6.45) is 4.09. The van der Waals surface area contributed by atoms with Crippen molar-refractivity contribution < 1.29 is 8.81 Å². The highest BCUT2D eigenvalue weighted by atomic mass is 19.1. The molecule has 0 fully saturated rings. The van der Waals surface area contributed by atoms with Crippen molar-refractivity contribution in [2.75, 3.05) is 5.32 Å².